The van der Waals surface area contributed by atoms with Crippen molar-refractivity contribution in [3.05, 3.63) is 27.9 Å². The molecular weight excluding hydrogens is 314 g/mol. The quantitative estimate of drug-likeness (QED) is 0.482. The number of aromatic nitrogens is 1. The van der Waals surface area contributed by atoms with Gasteiger partial charge in [-0.1, -0.05) is 27.5 Å². The molecule has 0 atom stereocenters. The molecule has 0 unspecified atom stereocenters. The molecule has 0 amide bonds. The molecule has 2 aromatic rings. The zero-order valence-corrected chi connectivity index (χ0v) is 11.4. The first kappa shape index (κ1) is 11.8. The number of nitrogens with zero attached hydrogens (tertiary/aromatic N) is 1. The molecule has 0 saturated heterocycles. The molecule has 0 aliphatic rings. The summed E-state index contributed by atoms with van der Waals surface area (Å²) >= 11 is 10.7. The summed E-state index contributed by atoms with van der Waals surface area (Å²) in [4.78, 5) is 16.1. The van der Waals surface area contributed by atoms with Gasteiger partial charge in [0.05, 0.1) is 11.8 Å². The largest absolute Gasteiger partial charge is 0.465 e. The van der Waals surface area contributed by atoms with Crippen LogP contribution in [0, 0.1) is 0 Å². The monoisotopic (exact) mass is 319 g/mol. The summed E-state index contributed by atoms with van der Waals surface area (Å²) in [6.45, 7) is 0. The van der Waals surface area contributed by atoms with E-state index in [9.17, 15) is 4.79 Å². The highest BCUT2D eigenvalue weighted by atomic mass is 79.9. The lowest BCUT2D eigenvalue weighted by atomic mass is 10.2. The number of hydrogen-bond donors (Lipinski definition) is 0. The Kier molecular flexibility index (Phi) is 3.47. The molecule has 3 nitrogen and oxygen atoms in total. The van der Waals surface area contributed by atoms with Crippen molar-refractivity contribution in [2.24, 2.45) is 0 Å². The molecule has 0 aliphatic heterocycles. The standard InChI is InChI=1S/C10H7BrClNO2S/c1-15-10(14)8-6(4-11)5-2-3-13-9(12)7(5)16-8/h2-3H,4H2,1H3. The van der Waals surface area contributed by atoms with Crippen molar-refractivity contribution in [3.63, 3.8) is 0 Å². The number of halogens is 2. The first-order chi connectivity index (χ1) is 7.69. The fraction of sp³-hybridized carbons (Fsp3) is 0.200. The molecule has 16 heavy (non-hydrogen) atoms. The summed E-state index contributed by atoms with van der Waals surface area (Å²) in [5.41, 5.74) is 0.899. The number of thiophene rings is 1. The Balaban J connectivity index is 2.76. The first-order valence-corrected chi connectivity index (χ1v) is 6.70. The lowest BCUT2D eigenvalue weighted by molar-refractivity contribution is 0.0605. The van der Waals surface area contributed by atoms with E-state index in [1.807, 2.05) is 6.07 Å². The van der Waals surface area contributed by atoms with Crippen molar-refractivity contribution >= 4 is 54.9 Å². The number of esters is 1. The van der Waals surface area contributed by atoms with Crippen LogP contribution in [-0.2, 0) is 10.1 Å². The van der Waals surface area contributed by atoms with Crippen LogP contribution < -0.4 is 0 Å². The van der Waals surface area contributed by atoms with Gasteiger partial charge >= 0.3 is 5.97 Å². The molecule has 84 valence electrons. The van der Waals surface area contributed by atoms with E-state index in [-0.39, 0.29) is 5.97 Å². The number of rotatable bonds is 2. The van der Waals surface area contributed by atoms with E-state index in [2.05, 4.69) is 20.9 Å². The van der Waals surface area contributed by atoms with Gasteiger partial charge < -0.3 is 4.74 Å². The molecule has 0 fully saturated rings. The van der Waals surface area contributed by atoms with E-state index in [1.54, 1.807) is 6.20 Å². The minimum absolute atomic E-state index is 0.341. The van der Waals surface area contributed by atoms with Crippen molar-refractivity contribution in [2.75, 3.05) is 7.11 Å². The Hall–Kier alpha value is -0.650. The third kappa shape index (κ3) is 1.83. The van der Waals surface area contributed by atoms with Crippen LogP contribution in [0.5, 0.6) is 0 Å². The molecule has 0 aromatic carbocycles. The van der Waals surface area contributed by atoms with Crippen molar-refractivity contribution in [3.8, 4) is 0 Å². The van der Waals surface area contributed by atoms with Crippen LogP contribution in [0.2, 0.25) is 5.15 Å². The lowest BCUT2D eigenvalue weighted by Gasteiger charge is -1.98. The average Bonchev–Trinajstić information content (AvgIpc) is 2.68. The van der Waals surface area contributed by atoms with E-state index < -0.39 is 0 Å². The van der Waals surface area contributed by atoms with E-state index in [4.69, 9.17) is 16.3 Å². The number of methoxy groups -OCH3 is 1. The molecule has 0 radical (unpaired) electrons. The number of carbonyl (C=O) groups is 1. The van der Waals surface area contributed by atoms with E-state index in [1.165, 1.54) is 18.4 Å². The Labute approximate surface area is 110 Å². The maximum atomic E-state index is 11.6. The highest BCUT2D eigenvalue weighted by Gasteiger charge is 2.19. The fourth-order valence-corrected chi connectivity index (χ4v) is 3.59. The predicted octanol–water partition coefficient (Wildman–Crippen LogP) is 3.63. The smallest absolute Gasteiger partial charge is 0.348 e. The van der Waals surface area contributed by atoms with Crippen LogP contribution in [0.3, 0.4) is 0 Å². The summed E-state index contributed by atoms with van der Waals surface area (Å²) < 4.78 is 5.55. The van der Waals surface area contributed by atoms with Gasteiger partial charge in [-0.2, -0.15) is 0 Å². The third-order valence-electron chi connectivity index (χ3n) is 2.17. The number of fused-ring (bicyclic) bond motifs is 1. The van der Waals surface area contributed by atoms with Gasteiger partial charge in [-0.25, -0.2) is 9.78 Å². The Morgan fingerprint density at radius 3 is 3.06 bits per heavy atom. The molecule has 6 heteroatoms. The molecule has 2 aromatic heterocycles. The van der Waals surface area contributed by atoms with Gasteiger partial charge in [0.25, 0.3) is 0 Å². The van der Waals surface area contributed by atoms with Gasteiger partial charge in [-0.05, 0) is 11.6 Å². The molecule has 0 N–H and O–H groups in total. The topological polar surface area (TPSA) is 39.2 Å². The van der Waals surface area contributed by atoms with Crippen LogP contribution >= 0.6 is 38.9 Å². The van der Waals surface area contributed by atoms with Crippen LogP contribution in [0.25, 0.3) is 10.1 Å². The van der Waals surface area contributed by atoms with Gasteiger partial charge in [0.2, 0.25) is 0 Å². The highest BCUT2D eigenvalue weighted by Crippen LogP contribution is 2.36. The van der Waals surface area contributed by atoms with Crippen molar-refractivity contribution in [1.82, 2.24) is 4.98 Å². The zero-order valence-electron chi connectivity index (χ0n) is 8.29. The lowest BCUT2D eigenvalue weighted by Crippen LogP contribution is -2.00. The maximum absolute atomic E-state index is 11.6. The van der Waals surface area contributed by atoms with Gasteiger partial charge in [-0.15, -0.1) is 11.3 Å². The average molecular weight is 321 g/mol. The number of hydrogen-bond acceptors (Lipinski definition) is 4. The Morgan fingerprint density at radius 2 is 2.44 bits per heavy atom. The molecule has 0 spiro atoms. The van der Waals surface area contributed by atoms with Gasteiger partial charge in [0.1, 0.15) is 10.0 Å². The maximum Gasteiger partial charge on any atom is 0.348 e. The van der Waals surface area contributed by atoms with E-state index >= 15 is 0 Å². The molecule has 2 heterocycles. The number of ether oxygens (including phenoxy) is 1. The first-order valence-electron chi connectivity index (χ1n) is 4.39. The molecule has 0 bridgehead atoms. The second-order valence-electron chi connectivity index (χ2n) is 3.01. The third-order valence-corrected chi connectivity index (χ3v) is 4.36. The molecular formula is C10H7BrClNO2S. The second kappa shape index (κ2) is 4.69. The normalized spacial score (nSPS) is 10.7. The highest BCUT2D eigenvalue weighted by molar-refractivity contribution is 9.08. The molecule has 2 rings (SSSR count). The van der Waals surface area contributed by atoms with Gasteiger partial charge in [-0.3, -0.25) is 0 Å². The van der Waals surface area contributed by atoms with Gasteiger partial charge in [0.15, 0.2) is 0 Å². The summed E-state index contributed by atoms with van der Waals surface area (Å²) in [6, 6.07) is 1.85. The van der Waals surface area contributed by atoms with Gasteiger partial charge in [0, 0.05) is 16.9 Å². The predicted molar refractivity (Wildman–Crippen MR) is 68.6 cm³/mol. The summed E-state index contributed by atoms with van der Waals surface area (Å²) in [5.74, 6) is -0.341. The summed E-state index contributed by atoms with van der Waals surface area (Å²) in [5, 5.41) is 1.94. The summed E-state index contributed by atoms with van der Waals surface area (Å²) in [7, 11) is 1.37. The minimum atomic E-state index is -0.341. The minimum Gasteiger partial charge on any atom is -0.465 e. The zero-order chi connectivity index (χ0) is 11.7. The van der Waals surface area contributed by atoms with Crippen molar-refractivity contribution in [2.45, 2.75) is 5.33 Å². The molecule has 0 saturated carbocycles. The van der Waals surface area contributed by atoms with E-state index in [0.29, 0.717) is 15.4 Å². The second-order valence-corrected chi connectivity index (χ2v) is 4.95. The Bertz CT molecular complexity index is 555. The number of alkyl halides is 1. The fourth-order valence-electron chi connectivity index (χ4n) is 1.43. The molecule has 0 aliphatic carbocycles. The number of pyridine rings is 1. The van der Waals surface area contributed by atoms with Crippen LogP contribution in [0.1, 0.15) is 15.2 Å². The van der Waals surface area contributed by atoms with Crippen LogP contribution in [-0.4, -0.2) is 18.1 Å². The SMILES string of the molecule is COC(=O)c1sc2c(Cl)nccc2c1CBr. The summed E-state index contributed by atoms with van der Waals surface area (Å²) in [6.07, 6.45) is 1.63. The van der Waals surface area contributed by atoms with Crippen LogP contribution in [0.4, 0.5) is 0 Å². The number of carbonyl (C=O) groups excluding carboxylic acids is 1. The van der Waals surface area contributed by atoms with Crippen molar-refractivity contribution < 1.29 is 9.53 Å². The van der Waals surface area contributed by atoms with E-state index in [0.717, 1.165) is 15.6 Å². The van der Waals surface area contributed by atoms with Crippen LogP contribution in [0.15, 0.2) is 12.3 Å². The van der Waals surface area contributed by atoms with Crippen molar-refractivity contribution in [1.29, 1.82) is 0 Å². The Morgan fingerprint density at radius 1 is 1.69 bits per heavy atom.